The molecule has 2 heterocycles. The van der Waals surface area contributed by atoms with E-state index in [1.54, 1.807) is 10.7 Å². The summed E-state index contributed by atoms with van der Waals surface area (Å²) in [6.07, 6.45) is 1.73. The van der Waals surface area contributed by atoms with E-state index in [2.05, 4.69) is 21.0 Å². The molecule has 2 rings (SSSR count). The third-order valence-corrected chi connectivity index (χ3v) is 3.21. The van der Waals surface area contributed by atoms with Gasteiger partial charge in [-0.25, -0.2) is 9.31 Å². The van der Waals surface area contributed by atoms with Crippen molar-refractivity contribution in [3.8, 4) is 0 Å². The third kappa shape index (κ3) is 2.67. The number of esters is 2. The molecule has 0 atom stereocenters. The maximum atomic E-state index is 11.8. The van der Waals surface area contributed by atoms with Gasteiger partial charge in [-0.2, -0.15) is 5.10 Å². The number of fused-ring (bicyclic) bond motifs is 1. The zero-order valence-electron chi connectivity index (χ0n) is 11.3. The number of methoxy groups -OCH3 is 1. The van der Waals surface area contributed by atoms with E-state index < -0.39 is 11.9 Å². The van der Waals surface area contributed by atoms with Crippen LogP contribution in [0.5, 0.6) is 0 Å². The number of carbonyl (C=O) groups excluding carboxylic acids is 2. The summed E-state index contributed by atoms with van der Waals surface area (Å²) in [6.45, 7) is 3.18. The molecule has 0 aliphatic carbocycles. The Morgan fingerprint density at radius 3 is 2.75 bits per heavy atom. The van der Waals surface area contributed by atoms with Gasteiger partial charge >= 0.3 is 11.9 Å². The van der Waals surface area contributed by atoms with Gasteiger partial charge in [0.05, 0.1) is 18.2 Å². The second-order valence-electron chi connectivity index (χ2n) is 4.23. The zero-order chi connectivity index (χ0) is 14.9. The number of pyridine rings is 1. The van der Waals surface area contributed by atoms with Crippen molar-refractivity contribution in [1.29, 1.82) is 0 Å². The van der Waals surface area contributed by atoms with Crippen LogP contribution in [0.4, 0.5) is 0 Å². The first-order valence-electron chi connectivity index (χ1n) is 5.83. The van der Waals surface area contributed by atoms with E-state index in [1.807, 2.05) is 13.0 Å². The van der Waals surface area contributed by atoms with Crippen LogP contribution >= 0.6 is 15.9 Å². The fourth-order valence-electron chi connectivity index (χ4n) is 1.98. The van der Waals surface area contributed by atoms with Crippen molar-refractivity contribution in [2.75, 3.05) is 7.11 Å². The molecule has 0 aliphatic heterocycles. The molecule has 0 saturated carbocycles. The fraction of sp³-hybridized carbons (Fsp3) is 0.308. The van der Waals surface area contributed by atoms with Crippen molar-refractivity contribution in [2.45, 2.75) is 20.5 Å². The lowest BCUT2D eigenvalue weighted by molar-refractivity contribution is -0.142. The van der Waals surface area contributed by atoms with Crippen LogP contribution in [0.2, 0.25) is 0 Å². The summed E-state index contributed by atoms with van der Waals surface area (Å²) in [5, 5.41) is 4.20. The van der Waals surface area contributed by atoms with E-state index in [4.69, 9.17) is 9.47 Å². The zero-order valence-corrected chi connectivity index (χ0v) is 12.9. The van der Waals surface area contributed by atoms with Crippen LogP contribution in [-0.4, -0.2) is 28.7 Å². The highest BCUT2D eigenvalue weighted by Crippen LogP contribution is 2.24. The number of hydrogen-bond acceptors (Lipinski definition) is 5. The molecule has 0 radical (unpaired) electrons. The van der Waals surface area contributed by atoms with Crippen molar-refractivity contribution in [3.63, 3.8) is 0 Å². The van der Waals surface area contributed by atoms with E-state index >= 15 is 0 Å². The van der Waals surface area contributed by atoms with Crippen molar-refractivity contribution >= 4 is 33.4 Å². The molecule has 6 nitrogen and oxygen atoms in total. The van der Waals surface area contributed by atoms with Crippen molar-refractivity contribution in [2.24, 2.45) is 0 Å². The van der Waals surface area contributed by atoms with E-state index in [1.165, 1.54) is 14.0 Å². The molecule has 20 heavy (non-hydrogen) atoms. The average Bonchev–Trinajstić information content (AvgIpc) is 2.73. The number of ether oxygens (including phenoxy) is 2. The first kappa shape index (κ1) is 14.5. The predicted molar refractivity (Wildman–Crippen MR) is 74.4 cm³/mol. The maximum Gasteiger partial charge on any atom is 0.359 e. The van der Waals surface area contributed by atoms with Gasteiger partial charge in [0, 0.05) is 17.6 Å². The monoisotopic (exact) mass is 340 g/mol. The quantitative estimate of drug-likeness (QED) is 0.801. The minimum Gasteiger partial charge on any atom is -0.464 e. The number of nitrogens with zero attached hydrogens (tertiary/aromatic N) is 2. The van der Waals surface area contributed by atoms with Crippen LogP contribution in [0.25, 0.3) is 5.52 Å². The molecule has 106 valence electrons. The predicted octanol–water partition coefficient (Wildman–Crippen LogP) is 2.25. The van der Waals surface area contributed by atoms with Gasteiger partial charge in [-0.15, -0.1) is 0 Å². The molecule has 2 aromatic rings. The van der Waals surface area contributed by atoms with Gasteiger partial charge in [-0.3, -0.25) is 4.79 Å². The Bertz CT molecular complexity index is 693. The number of aryl methyl sites for hydroxylation is 1. The van der Waals surface area contributed by atoms with Crippen molar-refractivity contribution < 1.29 is 19.1 Å². The Morgan fingerprint density at radius 1 is 1.45 bits per heavy atom. The molecule has 0 unspecified atom stereocenters. The van der Waals surface area contributed by atoms with Crippen LogP contribution in [0, 0.1) is 6.92 Å². The minimum absolute atomic E-state index is 0.0221. The lowest BCUT2D eigenvalue weighted by Gasteiger charge is -2.05. The Hall–Kier alpha value is -1.89. The average molecular weight is 341 g/mol. The minimum atomic E-state index is -0.564. The van der Waals surface area contributed by atoms with Gasteiger partial charge < -0.3 is 9.47 Å². The first-order chi connectivity index (χ1) is 9.43. The lowest BCUT2D eigenvalue weighted by Crippen LogP contribution is -2.07. The Morgan fingerprint density at radius 2 is 2.15 bits per heavy atom. The SMILES string of the molecule is COC(=O)c1nn2cc(Br)cc(C)c2c1COC(C)=O. The summed E-state index contributed by atoms with van der Waals surface area (Å²) in [6, 6.07) is 1.90. The lowest BCUT2D eigenvalue weighted by atomic mass is 10.1. The summed E-state index contributed by atoms with van der Waals surface area (Å²) in [4.78, 5) is 22.8. The molecule has 0 bridgehead atoms. The van der Waals surface area contributed by atoms with Crippen LogP contribution < -0.4 is 0 Å². The molecule has 0 saturated heterocycles. The Kier molecular flexibility index (Phi) is 4.08. The smallest absolute Gasteiger partial charge is 0.359 e. The molecule has 0 fully saturated rings. The molecule has 7 heteroatoms. The number of halogens is 1. The maximum absolute atomic E-state index is 11.8. The van der Waals surface area contributed by atoms with Gasteiger partial charge in [0.2, 0.25) is 0 Å². The van der Waals surface area contributed by atoms with Crippen LogP contribution in [-0.2, 0) is 20.9 Å². The Labute approximate surface area is 123 Å². The number of rotatable bonds is 3. The van der Waals surface area contributed by atoms with Gasteiger partial charge in [-0.1, -0.05) is 0 Å². The highest BCUT2D eigenvalue weighted by molar-refractivity contribution is 9.10. The highest BCUT2D eigenvalue weighted by atomic mass is 79.9. The van der Waals surface area contributed by atoms with Crippen molar-refractivity contribution in [3.05, 3.63) is 33.6 Å². The summed E-state index contributed by atoms with van der Waals surface area (Å²) in [5.41, 5.74) is 2.33. The van der Waals surface area contributed by atoms with Gasteiger partial charge in [-0.05, 0) is 34.5 Å². The van der Waals surface area contributed by atoms with Gasteiger partial charge in [0.25, 0.3) is 0 Å². The van der Waals surface area contributed by atoms with Crippen LogP contribution in [0.1, 0.15) is 28.5 Å². The molecule has 2 aromatic heterocycles. The van der Waals surface area contributed by atoms with Gasteiger partial charge in [0.1, 0.15) is 6.61 Å². The second kappa shape index (κ2) is 5.62. The van der Waals surface area contributed by atoms with Crippen LogP contribution in [0.3, 0.4) is 0 Å². The van der Waals surface area contributed by atoms with E-state index in [0.717, 1.165) is 15.6 Å². The first-order valence-corrected chi connectivity index (χ1v) is 6.62. The van der Waals surface area contributed by atoms with Crippen molar-refractivity contribution in [1.82, 2.24) is 9.61 Å². The summed E-state index contributed by atoms with van der Waals surface area (Å²) in [5.74, 6) is -0.985. The van der Waals surface area contributed by atoms with Crippen LogP contribution in [0.15, 0.2) is 16.7 Å². The second-order valence-corrected chi connectivity index (χ2v) is 5.15. The largest absolute Gasteiger partial charge is 0.464 e. The molecule has 0 amide bonds. The number of carbonyl (C=O) groups is 2. The summed E-state index contributed by atoms with van der Waals surface area (Å²) in [7, 11) is 1.28. The topological polar surface area (TPSA) is 69.9 Å². The normalized spacial score (nSPS) is 10.6. The Balaban J connectivity index is 2.64. The molecular weight excluding hydrogens is 328 g/mol. The highest BCUT2D eigenvalue weighted by Gasteiger charge is 2.22. The van der Waals surface area contributed by atoms with E-state index in [-0.39, 0.29) is 12.3 Å². The standard InChI is InChI=1S/C13H13BrN2O4/c1-7-4-9(14)5-16-12(7)10(6-20-8(2)17)11(15-16)13(18)19-3/h4-5H,6H2,1-3H3. The van der Waals surface area contributed by atoms with Gasteiger partial charge in [0.15, 0.2) is 5.69 Å². The summed E-state index contributed by atoms with van der Waals surface area (Å²) < 4.78 is 12.1. The molecule has 0 N–H and O–H groups in total. The van der Waals surface area contributed by atoms with E-state index in [0.29, 0.717) is 5.56 Å². The fourth-order valence-corrected chi connectivity index (χ4v) is 2.52. The number of aromatic nitrogens is 2. The molecular formula is C13H13BrN2O4. The third-order valence-electron chi connectivity index (χ3n) is 2.78. The molecule has 0 aromatic carbocycles. The molecule has 0 aliphatic rings. The summed E-state index contributed by atoms with van der Waals surface area (Å²) >= 11 is 3.37. The van der Waals surface area contributed by atoms with E-state index in [9.17, 15) is 9.59 Å². The molecule has 0 spiro atoms. The number of hydrogen-bond donors (Lipinski definition) is 0.